The normalized spacial score (nSPS) is 10.0. The number of ether oxygens (including phenoxy) is 1. The van der Waals surface area contributed by atoms with Gasteiger partial charge < -0.3 is 15.4 Å². The van der Waals surface area contributed by atoms with Crippen molar-refractivity contribution in [3.05, 3.63) is 71.3 Å². The number of primary amides is 1. The van der Waals surface area contributed by atoms with Crippen molar-refractivity contribution in [2.75, 3.05) is 13.7 Å². The molecule has 0 aliphatic carbocycles. The third-order valence-corrected chi connectivity index (χ3v) is 4.28. The molecule has 28 heavy (non-hydrogen) atoms. The molecule has 0 aliphatic heterocycles. The summed E-state index contributed by atoms with van der Waals surface area (Å²) in [6.45, 7) is 0.707. The van der Waals surface area contributed by atoms with Crippen LogP contribution in [0.1, 0.15) is 32.7 Å². The Balaban J connectivity index is 2.07. The van der Waals surface area contributed by atoms with Crippen LogP contribution >= 0.6 is 12.2 Å². The van der Waals surface area contributed by atoms with Crippen LogP contribution in [0, 0.1) is 0 Å². The largest absolute Gasteiger partial charge is 0.465 e. The second-order valence-corrected chi connectivity index (χ2v) is 6.34. The second-order valence-electron chi connectivity index (χ2n) is 5.95. The van der Waals surface area contributed by atoms with Gasteiger partial charge in [0, 0.05) is 25.1 Å². The zero-order valence-electron chi connectivity index (χ0n) is 15.4. The van der Waals surface area contributed by atoms with Gasteiger partial charge in [0.15, 0.2) is 5.11 Å². The quantitative estimate of drug-likeness (QED) is 0.544. The average Bonchev–Trinajstić information content (AvgIpc) is 2.71. The molecular weight excluding hydrogens is 378 g/mol. The number of thiocarbonyl (C=S) groups is 1. The van der Waals surface area contributed by atoms with Crippen LogP contribution in [0.5, 0.6) is 0 Å². The summed E-state index contributed by atoms with van der Waals surface area (Å²) in [5.41, 5.74) is 6.90. The molecule has 3 N–H and O–H groups in total. The molecular formula is C20H21N3O4S. The maximum atomic E-state index is 12.5. The molecule has 0 fully saturated rings. The van der Waals surface area contributed by atoms with Crippen LogP contribution in [0.25, 0.3) is 0 Å². The molecule has 2 aromatic rings. The summed E-state index contributed by atoms with van der Waals surface area (Å²) in [6.07, 6.45) is 0.108. The van der Waals surface area contributed by atoms with Crippen molar-refractivity contribution in [3.63, 3.8) is 0 Å². The SMILES string of the molecule is COC(=O)c1ccc(C(=O)NC(=S)N(CCC(N)=O)Cc2ccccc2)cc1. The number of amides is 2. The zero-order chi connectivity index (χ0) is 20.5. The van der Waals surface area contributed by atoms with Crippen LogP contribution in [-0.4, -0.2) is 41.5 Å². The molecule has 0 radical (unpaired) electrons. The molecule has 0 heterocycles. The average molecular weight is 399 g/mol. The van der Waals surface area contributed by atoms with Gasteiger partial charge in [-0.1, -0.05) is 30.3 Å². The minimum atomic E-state index is -0.483. The first-order valence-electron chi connectivity index (χ1n) is 8.51. The third-order valence-electron chi connectivity index (χ3n) is 3.92. The van der Waals surface area contributed by atoms with Crippen molar-refractivity contribution in [1.82, 2.24) is 10.2 Å². The predicted molar refractivity (Wildman–Crippen MR) is 109 cm³/mol. The van der Waals surface area contributed by atoms with Gasteiger partial charge in [0.05, 0.1) is 12.7 Å². The smallest absolute Gasteiger partial charge is 0.337 e. The molecule has 2 amide bonds. The zero-order valence-corrected chi connectivity index (χ0v) is 16.2. The molecule has 0 spiro atoms. The summed E-state index contributed by atoms with van der Waals surface area (Å²) < 4.78 is 4.63. The lowest BCUT2D eigenvalue weighted by Crippen LogP contribution is -2.43. The van der Waals surface area contributed by atoms with E-state index in [4.69, 9.17) is 18.0 Å². The molecule has 0 atom stereocenters. The molecule has 0 saturated carbocycles. The predicted octanol–water partition coefficient (Wildman–Crippen LogP) is 1.87. The number of rotatable bonds is 7. The Morgan fingerprint density at radius 3 is 2.21 bits per heavy atom. The summed E-state index contributed by atoms with van der Waals surface area (Å²) >= 11 is 5.36. The Hall–Kier alpha value is -3.26. The number of esters is 1. The summed E-state index contributed by atoms with van der Waals surface area (Å²) in [4.78, 5) is 36.8. The first kappa shape index (κ1) is 21.0. The molecule has 0 unspecified atom stereocenters. The minimum Gasteiger partial charge on any atom is -0.465 e. The first-order valence-corrected chi connectivity index (χ1v) is 8.92. The van der Waals surface area contributed by atoms with Crippen molar-refractivity contribution in [2.45, 2.75) is 13.0 Å². The van der Waals surface area contributed by atoms with Gasteiger partial charge in [-0.2, -0.15) is 0 Å². The Morgan fingerprint density at radius 2 is 1.64 bits per heavy atom. The van der Waals surface area contributed by atoms with Crippen LogP contribution in [-0.2, 0) is 16.1 Å². The van der Waals surface area contributed by atoms with Crippen molar-refractivity contribution in [3.8, 4) is 0 Å². The maximum absolute atomic E-state index is 12.5. The van der Waals surface area contributed by atoms with Crippen molar-refractivity contribution >= 4 is 35.1 Å². The van der Waals surface area contributed by atoms with Gasteiger partial charge in [-0.15, -0.1) is 0 Å². The molecule has 0 bridgehead atoms. The fourth-order valence-corrected chi connectivity index (χ4v) is 2.67. The molecule has 2 rings (SSSR count). The van der Waals surface area contributed by atoms with E-state index in [9.17, 15) is 14.4 Å². The maximum Gasteiger partial charge on any atom is 0.337 e. The fourth-order valence-electron chi connectivity index (χ4n) is 2.43. The van der Waals surface area contributed by atoms with E-state index in [1.165, 1.54) is 31.4 Å². The number of carbonyl (C=O) groups excluding carboxylic acids is 3. The molecule has 146 valence electrons. The van der Waals surface area contributed by atoms with Gasteiger partial charge in [0.25, 0.3) is 5.91 Å². The van der Waals surface area contributed by atoms with Gasteiger partial charge in [-0.25, -0.2) is 4.79 Å². The summed E-state index contributed by atoms with van der Waals surface area (Å²) in [5.74, 6) is -1.35. The van der Waals surface area contributed by atoms with Crippen LogP contribution in [0.2, 0.25) is 0 Å². The number of nitrogens with zero attached hydrogens (tertiary/aromatic N) is 1. The van der Waals surface area contributed by atoms with Gasteiger partial charge in [0.2, 0.25) is 5.91 Å². The Morgan fingerprint density at radius 1 is 1.04 bits per heavy atom. The lowest BCUT2D eigenvalue weighted by Gasteiger charge is -2.25. The molecule has 8 heteroatoms. The van der Waals surface area contributed by atoms with Crippen LogP contribution in [0.3, 0.4) is 0 Å². The summed E-state index contributed by atoms with van der Waals surface area (Å²) in [5, 5.41) is 2.84. The molecule has 0 saturated heterocycles. The van der Waals surface area contributed by atoms with Crippen LogP contribution < -0.4 is 11.1 Å². The van der Waals surface area contributed by atoms with Crippen molar-refractivity contribution in [1.29, 1.82) is 0 Å². The van der Waals surface area contributed by atoms with Crippen LogP contribution in [0.4, 0.5) is 0 Å². The Kier molecular flexibility index (Phi) is 7.65. The van der Waals surface area contributed by atoms with E-state index in [1.807, 2.05) is 30.3 Å². The first-order chi connectivity index (χ1) is 13.4. The fraction of sp³-hybridized carbons (Fsp3) is 0.200. The van der Waals surface area contributed by atoms with Gasteiger partial charge in [0.1, 0.15) is 0 Å². The van der Waals surface area contributed by atoms with Crippen LogP contribution in [0.15, 0.2) is 54.6 Å². The van der Waals surface area contributed by atoms with E-state index < -0.39 is 17.8 Å². The number of nitrogens with one attached hydrogen (secondary N) is 1. The number of benzene rings is 2. The number of methoxy groups -OCH3 is 1. The van der Waals surface area contributed by atoms with Crippen molar-refractivity contribution in [2.24, 2.45) is 5.73 Å². The second kappa shape index (κ2) is 10.2. The molecule has 7 nitrogen and oxygen atoms in total. The Bertz CT molecular complexity index is 854. The van der Waals surface area contributed by atoms with E-state index in [2.05, 4.69) is 10.1 Å². The van der Waals surface area contributed by atoms with Gasteiger partial charge in [-0.05, 0) is 42.0 Å². The van der Waals surface area contributed by atoms with E-state index >= 15 is 0 Å². The Labute approximate surface area is 168 Å². The topological polar surface area (TPSA) is 102 Å². The highest BCUT2D eigenvalue weighted by atomic mass is 32.1. The summed E-state index contributed by atoms with van der Waals surface area (Å²) in [6, 6.07) is 15.6. The monoisotopic (exact) mass is 399 g/mol. The molecule has 2 aromatic carbocycles. The highest BCUT2D eigenvalue weighted by Gasteiger charge is 2.16. The number of carbonyl (C=O) groups is 3. The van der Waals surface area contributed by atoms with E-state index in [1.54, 1.807) is 4.90 Å². The highest BCUT2D eigenvalue weighted by molar-refractivity contribution is 7.80. The lowest BCUT2D eigenvalue weighted by atomic mass is 10.1. The number of hydrogen-bond donors (Lipinski definition) is 2. The lowest BCUT2D eigenvalue weighted by molar-refractivity contribution is -0.118. The highest BCUT2D eigenvalue weighted by Crippen LogP contribution is 2.08. The summed E-state index contributed by atoms with van der Waals surface area (Å²) in [7, 11) is 1.29. The number of hydrogen-bond acceptors (Lipinski definition) is 5. The van der Waals surface area contributed by atoms with E-state index in [0.29, 0.717) is 17.7 Å². The third kappa shape index (κ3) is 6.17. The van der Waals surface area contributed by atoms with Gasteiger partial charge in [-0.3, -0.25) is 14.9 Å². The van der Waals surface area contributed by atoms with E-state index in [-0.39, 0.29) is 18.1 Å². The van der Waals surface area contributed by atoms with Gasteiger partial charge >= 0.3 is 5.97 Å². The van der Waals surface area contributed by atoms with Crippen molar-refractivity contribution < 1.29 is 19.1 Å². The molecule has 0 aliphatic rings. The standard InChI is InChI=1S/C20H21N3O4S/c1-27-19(26)16-9-7-15(8-10-16)18(25)22-20(28)23(12-11-17(21)24)13-14-5-3-2-4-6-14/h2-10H,11-13H2,1H3,(H2,21,24)(H,22,25,28). The van der Waals surface area contributed by atoms with E-state index in [0.717, 1.165) is 5.56 Å². The minimum absolute atomic E-state index is 0.108. The molecule has 0 aromatic heterocycles. The number of nitrogens with two attached hydrogens (primary N) is 1.